The summed E-state index contributed by atoms with van der Waals surface area (Å²) in [6.45, 7) is 4.48. The Labute approximate surface area is 171 Å². The molecule has 30 heavy (non-hydrogen) atoms. The van der Waals surface area contributed by atoms with Crippen molar-refractivity contribution < 1.29 is 14.6 Å². The zero-order chi connectivity index (χ0) is 20.8. The second-order valence-corrected chi connectivity index (χ2v) is 7.12. The summed E-state index contributed by atoms with van der Waals surface area (Å²) in [5.41, 5.74) is 2.71. The molecular weight excluding hydrogens is 386 g/mol. The highest BCUT2D eigenvalue weighted by atomic mass is 16.5. The number of hydrogen-bond donors (Lipinski definition) is 1. The van der Waals surface area contributed by atoms with Crippen LogP contribution in [0.5, 0.6) is 0 Å². The molecule has 0 amide bonds. The fourth-order valence-corrected chi connectivity index (χ4v) is 3.86. The predicted molar refractivity (Wildman–Crippen MR) is 110 cm³/mol. The van der Waals surface area contributed by atoms with Crippen LogP contribution >= 0.6 is 0 Å². The van der Waals surface area contributed by atoms with Crippen molar-refractivity contribution >= 4 is 34.0 Å². The van der Waals surface area contributed by atoms with Crippen molar-refractivity contribution in [1.82, 2.24) is 29.1 Å². The number of carbonyl (C=O) groups is 1. The molecule has 4 heterocycles. The molecule has 0 saturated carbocycles. The van der Waals surface area contributed by atoms with E-state index in [1.807, 2.05) is 35.8 Å². The lowest BCUT2D eigenvalue weighted by Crippen LogP contribution is -2.37. The molecule has 10 heteroatoms. The number of imidazole rings is 2. The van der Waals surface area contributed by atoms with E-state index in [9.17, 15) is 9.90 Å². The number of fused-ring (bicyclic) bond motifs is 2. The van der Waals surface area contributed by atoms with Crippen LogP contribution in [0.1, 0.15) is 23.4 Å². The number of carboxylic acids is 1. The third-order valence-electron chi connectivity index (χ3n) is 5.34. The minimum Gasteiger partial charge on any atom is -0.475 e. The molecule has 1 aromatic carbocycles. The SMILES string of the molecule is CCc1nc2ccccc2n1-c1nc(N2CCOCC2)c2nc(C(=O)O)n(C)c2n1. The van der Waals surface area contributed by atoms with E-state index in [0.29, 0.717) is 55.7 Å². The van der Waals surface area contributed by atoms with Gasteiger partial charge in [-0.05, 0) is 12.1 Å². The molecule has 4 aromatic rings. The maximum Gasteiger partial charge on any atom is 0.372 e. The number of ether oxygens (including phenoxy) is 1. The number of aryl methyl sites for hydroxylation is 2. The molecule has 0 bridgehead atoms. The Hall–Kier alpha value is -3.53. The Morgan fingerprint density at radius 1 is 1.13 bits per heavy atom. The van der Waals surface area contributed by atoms with Crippen LogP contribution in [-0.4, -0.2) is 66.4 Å². The van der Waals surface area contributed by atoms with Gasteiger partial charge in [-0.25, -0.2) is 14.8 Å². The number of morpholine rings is 1. The highest BCUT2D eigenvalue weighted by molar-refractivity contribution is 5.93. The molecule has 0 radical (unpaired) electrons. The number of benzene rings is 1. The third kappa shape index (κ3) is 2.79. The second-order valence-electron chi connectivity index (χ2n) is 7.12. The lowest BCUT2D eigenvalue weighted by atomic mass is 10.3. The van der Waals surface area contributed by atoms with E-state index in [1.165, 1.54) is 4.57 Å². The van der Waals surface area contributed by atoms with Crippen molar-refractivity contribution in [2.75, 3.05) is 31.2 Å². The minimum atomic E-state index is -1.10. The van der Waals surface area contributed by atoms with Gasteiger partial charge in [0.15, 0.2) is 17.0 Å². The number of para-hydroxylation sites is 2. The van der Waals surface area contributed by atoms with Gasteiger partial charge in [0.25, 0.3) is 0 Å². The van der Waals surface area contributed by atoms with Crippen LogP contribution in [-0.2, 0) is 18.2 Å². The van der Waals surface area contributed by atoms with Crippen LogP contribution in [0.25, 0.3) is 28.1 Å². The van der Waals surface area contributed by atoms with Crippen LogP contribution in [0.3, 0.4) is 0 Å². The van der Waals surface area contributed by atoms with Crippen molar-refractivity contribution in [2.24, 2.45) is 7.05 Å². The van der Waals surface area contributed by atoms with Gasteiger partial charge in [-0.1, -0.05) is 19.1 Å². The molecule has 0 atom stereocenters. The third-order valence-corrected chi connectivity index (χ3v) is 5.34. The van der Waals surface area contributed by atoms with Gasteiger partial charge in [-0.3, -0.25) is 4.57 Å². The van der Waals surface area contributed by atoms with Crippen LogP contribution in [0.2, 0.25) is 0 Å². The van der Waals surface area contributed by atoms with E-state index in [2.05, 4.69) is 9.88 Å². The number of anilines is 1. The molecule has 5 rings (SSSR count). The first-order valence-corrected chi connectivity index (χ1v) is 9.85. The predicted octanol–water partition coefficient (Wildman–Crippen LogP) is 1.80. The summed E-state index contributed by atoms with van der Waals surface area (Å²) in [5.74, 6) is 0.726. The molecule has 0 aliphatic carbocycles. The van der Waals surface area contributed by atoms with Crippen LogP contribution in [0, 0.1) is 0 Å². The monoisotopic (exact) mass is 407 g/mol. The molecule has 1 fully saturated rings. The number of rotatable bonds is 4. The summed E-state index contributed by atoms with van der Waals surface area (Å²) in [5, 5.41) is 9.56. The number of nitrogens with zero attached hydrogens (tertiary/aromatic N) is 7. The van der Waals surface area contributed by atoms with E-state index in [0.717, 1.165) is 16.9 Å². The van der Waals surface area contributed by atoms with Crippen molar-refractivity contribution in [2.45, 2.75) is 13.3 Å². The molecule has 0 spiro atoms. The van der Waals surface area contributed by atoms with Crippen molar-refractivity contribution in [3.05, 3.63) is 35.9 Å². The lowest BCUT2D eigenvalue weighted by molar-refractivity contribution is 0.0680. The average molecular weight is 407 g/mol. The van der Waals surface area contributed by atoms with E-state index in [1.54, 1.807) is 7.05 Å². The van der Waals surface area contributed by atoms with E-state index >= 15 is 0 Å². The molecule has 1 saturated heterocycles. The Bertz CT molecular complexity index is 1270. The van der Waals surface area contributed by atoms with Gasteiger partial charge in [0.05, 0.1) is 24.2 Å². The first kappa shape index (κ1) is 18.5. The molecule has 0 unspecified atom stereocenters. The summed E-state index contributed by atoms with van der Waals surface area (Å²) in [4.78, 5) is 32.4. The summed E-state index contributed by atoms with van der Waals surface area (Å²) in [6, 6.07) is 7.84. The Kier molecular flexibility index (Phi) is 4.35. The summed E-state index contributed by atoms with van der Waals surface area (Å²) >= 11 is 0. The van der Waals surface area contributed by atoms with E-state index < -0.39 is 5.97 Å². The van der Waals surface area contributed by atoms with E-state index in [4.69, 9.17) is 19.7 Å². The van der Waals surface area contributed by atoms with Gasteiger partial charge >= 0.3 is 5.97 Å². The molecular formula is C20H21N7O3. The Morgan fingerprint density at radius 3 is 2.63 bits per heavy atom. The molecule has 1 aliphatic rings. The van der Waals surface area contributed by atoms with Crippen LogP contribution < -0.4 is 4.90 Å². The number of aromatic nitrogens is 6. The zero-order valence-electron chi connectivity index (χ0n) is 16.7. The van der Waals surface area contributed by atoms with Crippen LogP contribution in [0.15, 0.2) is 24.3 Å². The number of aromatic carboxylic acids is 1. The highest BCUT2D eigenvalue weighted by Gasteiger charge is 2.25. The molecule has 10 nitrogen and oxygen atoms in total. The summed E-state index contributed by atoms with van der Waals surface area (Å²) in [6.07, 6.45) is 0.703. The Morgan fingerprint density at radius 2 is 1.90 bits per heavy atom. The fourth-order valence-electron chi connectivity index (χ4n) is 3.86. The largest absolute Gasteiger partial charge is 0.475 e. The lowest BCUT2D eigenvalue weighted by Gasteiger charge is -2.28. The molecule has 3 aromatic heterocycles. The zero-order valence-corrected chi connectivity index (χ0v) is 16.7. The van der Waals surface area contributed by atoms with E-state index in [-0.39, 0.29) is 5.82 Å². The Balaban J connectivity index is 1.82. The maximum absolute atomic E-state index is 11.7. The second kappa shape index (κ2) is 7.06. The van der Waals surface area contributed by atoms with Gasteiger partial charge in [-0.2, -0.15) is 9.97 Å². The standard InChI is InChI=1S/C20H21N7O3/c1-3-14-21-12-6-4-5-7-13(12)27(14)20-23-16-15(22-18(19(28)29)25(16)2)17(24-20)26-8-10-30-11-9-26/h4-7H,3,8-11H2,1-2H3,(H,28,29). The molecule has 154 valence electrons. The summed E-state index contributed by atoms with van der Waals surface area (Å²) in [7, 11) is 1.66. The summed E-state index contributed by atoms with van der Waals surface area (Å²) < 4.78 is 8.91. The van der Waals surface area contributed by atoms with Crippen molar-refractivity contribution in [3.8, 4) is 5.95 Å². The maximum atomic E-state index is 11.7. The highest BCUT2D eigenvalue weighted by Crippen LogP contribution is 2.28. The molecule has 1 aliphatic heterocycles. The normalized spacial score (nSPS) is 14.7. The van der Waals surface area contributed by atoms with Crippen molar-refractivity contribution in [1.29, 1.82) is 0 Å². The smallest absolute Gasteiger partial charge is 0.372 e. The van der Waals surface area contributed by atoms with Crippen molar-refractivity contribution in [3.63, 3.8) is 0 Å². The average Bonchev–Trinajstić information content (AvgIpc) is 3.31. The van der Waals surface area contributed by atoms with Gasteiger partial charge < -0.3 is 19.3 Å². The number of hydrogen-bond acceptors (Lipinski definition) is 7. The van der Waals surface area contributed by atoms with Gasteiger partial charge in [0, 0.05) is 26.6 Å². The minimum absolute atomic E-state index is 0.0721. The first-order chi connectivity index (χ1) is 14.6. The van der Waals surface area contributed by atoms with Gasteiger partial charge in [-0.15, -0.1) is 0 Å². The fraction of sp³-hybridized carbons (Fsp3) is 0.350. The quantitative estimate of drug-likeness (QED) is 0.545. The topological polar surface area (TPSA) is 111 Å². The molecule has 1 N–H and O–H groups in total. The van der Waals surface area contributed by atoms with Gasteiger partial charge in [0.1, 0.15) is 5.82 Å². The van der Waals surface area contributed by atoms with Crippen LogP contribution in [0.4, 0.5) is 5.82 Å². The first-order valence-electron chi connectivity index (χ1n) is 9.85. The number of carboxylic acid groups (broad SMARTS) is 1. The van der Waals surface area contributed by atoms with Gasteiger partial charge in [0.2, 0.25) is 11.8 Å².